The van der Waals surface area contributed by atoms with E-state index in [4.69, 9.17) is 5.73 Å². The lowest BCUT2D eigenvalue weighted by Crippen LogP contribution is -2.25. The Kier molecular flexibility index (Phi) is 4.90. The van der Waals surface area contributed by atoms with Gasteiger partial charge in [0.25, 0.3) is 0 Å². The van der Waals surface area contributed by atoms with Crippen molar-refractivity contribution in [3.8, 4) is 0 Å². The molecule has 18 heavy (non-hydrogen) atoms. The predicted molar refractivity (Wildman–Crippen MR) is 76.8 cm³/mol. The third-order valence-corrected chi connectivity index (χ3v) is 2.76. The molecule has 0 aromatic carbocycles. The molecule has 1 aromatic heterocycles. The summed E-state index contributed by atoms with van der Waals surface area (Å²) >= 11 is 0. The van der Waals surface area contributed by atoms with Gasteiger partial charge in [0.05, 0.1) is 0 Å². The van der Waals surface area contributed by atoms with Crippen LogP contribution in [0.15, 0.2) is 6.07 Å². The van der Waals surface area contributed by atoms with E-state index in [9.17, 15) is 0 Å². The fourth-order valence-electron chi connectivity index (χ4n) is 1.42. The molecule has 0 aliphatic heterocycles. The summed E-state index contributed by atoms with van der Waals surface area (Å²) in [5.41, 5.74) is 5.72. The van der Waals surface area contributed by atoms with Gasteiger partial charge in [-0.2, -0.15) is 0 Å². The van der Waals surface area contributed by atoms with Crippen LogP contribution < -0.4 is 11.1 Å². The summed E-state index contributed by atoms with van der Waals surface area (Å²) in [4.78, 5) is 11.0. The molecule has 0 saturated carbocycles. The number of aromatic nitrogens is 2. The van der Waals surface area contributed by atoms with Crippen molar-refractivity contribution in [1.29, 1.82) is 0 Å². The molecule has 0 saturated heterocycles. The van der Waals surface area contributed by atoms with Crippen LogP contribution in [0.1, 0.15) is 33.5 Å². The number of nitrogens with two attached hydrogens (primary N) is 1. The standard InChI is InChI=1S/C13H25N5/c1-6-18(5)8-7-15-11-9-10(14)16-12(17-11)13(2,3)4/h9H,6-8H2,1-5H3,(H3,14,15,16,17). The summed E-state index contributed by atoms with van der Waals surface area (Å²) < 4.78 is 0. The number of nitrogen functional groups attached to an aromatic ring is 1. The average molecular weight is 251 g/mol. The minimum absolute atomic E-state index is 0.0912. The Morgan fingerprint density at radius 2 is 2.00 bits per heavy atom. The topological polar surface area (TPSA) is 67.1 Å². The van der Waals surface area contributed by atoms with Crippen molar-refractivity contribution in [1.82, 2.24) is 14.9 Å². The SMILES string of the molecule is CCN(C)CCNc1cc(N)nc(C(C)(C)C)n1. The van der Waals surface area contributed by atoms with Crippen LogP contribution in [-0.4, -0.2) is 41.5 Å². The highest BCUT2D eigenvalue weighted by atomic mass is 15.1. The fraction of sp³-hybridized carbons (Fsp3) is 0.692. The van der Waals surface area contributed by atoms with Crippen molar-refractivity contribution < 1.29 is 0 Å². The summed E-state index contributed by atoms with van der Waals surface area (Å²) in [6.45, 7) is 11.3. The van der Waals surface area contributed by atoms with Gasteiger partial charge < -0.3 is 16.0 Å². The van der Waals surface area contributed by atoms with Crippen LogP contribution in [0.5, 0.6) is 0 Å². The van der Waals surface area contributed by atoms with Gasteiger partial charge in [-0.25, -0.2) is 9.97 Å². The van der Waals surface area contributed by atoms with Gasteiger partial charge in [-0.05, 0) is 13.6 Å². The summed E-state index contributed by atoms with van der Waals surface area (Å²) in [5, 5.41) is 3.29. The summed E-state index contributed by atoms with van der Waals surface area (Å²) in [6, 6.07) is 1.78. The number of anilines is 2. The molecule has 1 rings (SSSR count). The van der Waals surface area contributed by atoms with Crippen LogP contribution >= 0.6 is 0 Å². The third-order valence-electron chi connectivity index (χ3n) is 2.76. The molecule has 0 atom stereocenters. The largest absolute Gasteiger partial charge is 0.384 e. The molecule has 1 heterocycles. The van der Waals surface area contributed by atoms with Crippen LogP contribution in [0, 0.1) is 0 Å². The number of rotatable bonds is 5. The van der Waals surface area contributed by atoms with Gasteiger partial charge in [-0.1, -0.05) is 27.7 Å². The molecule has 0 spiro atoms. The Morgan fingerprint density at radius 1 is 1.33 bits per heavy atom. The lowest BCUT2D eigenvalue weighted by Gasteiger charge is -2.19. The Hall–Kier alpha value is -1.36. The summed E-state index contributed by atoms with van der Waals surface area (Å²) in [5.74, 6) is 2.09. The Labute approximate surface area is 110 Å². The van der Waals surface area contributed by atoms with Crippen LogP contribution in [0.2, 0.25) is 0 Å². The zero-order valence-corrected chi connectivity index (χ0v) is 12.1. The van der Waals surface area contributed by atoms with Gasteiger partial charge in [-0.15, -0.1) is 0 Å². The number of hydrogen-bond donors (Lipinski definition) is 2. The lowest BCUT2D eigenvalue weighted by atomic mass is 9.96. The van der Waals surface area contributed by atoms with Gasteiger partial charge >= 0.3 is 0 Å². The van der Waals surface area contributed by atoms with E-state index in [1.165, 1.54) is 0 Å². The van der Waals surface area contributed by atoms with Gasteiger partial charge in [0.2, 0.25) is 0 Å². The first-order valence-electron chi connectivity index (χ1n) is 6.40. The Balaban J connectivity index is 2.69. The van der Waals surface area contributed by atoms with Crippen molar-refractivity contribution in [2.45, 2.75) is 33.1 Å². The molecular weight excluding hydrogens is 226 g/mol. The molecule has 102 valence electrons. The summed E-state index contributed by atoms with van der Waals surface area (Å²) in [7, 11) is 2.09. The molecule has 3 N–H and O–H groups in total. The van der Waals surface area contributed by atoms with Crippen LogP contribution in [0.3, 0.4) is 0 Å². The number of nitrogens with zero attached hydrogens (tertiary/aromatic N) is 3. The average Bonchev–Trinajstić information content (AvgIpc) is 2.27. The van der Waals surface area contributed by atoms with Crippen molar-refractivity contribution in [3.05, 3.63) is 11.9 Å². The molecule has 0 amide bonds. The van der Waals surface area contributed by atoms with Crippen molar-refractivity contribution in [2.24, 2.45) is 0 Å². The van der Waals surface area contributed by atoms with E-state index in [1.807, 2.05) is 0 Å². The fourth-order valence-corrected chi connectivity index (χ4v) is 1.42. The minimum Gasteiger partial charge on any atom is -0.384 e. The van der Waals surface area contributed by atoms with Crippen molar-refractivity contribution in [2.75, 3.05) is 37.7 Å². The van der Waals surface area contributed by atoms with E-state index in [0.29, 0.717) is 5.82 Å². The number of nitrogens with one attached hydrogen (secondary N) is 1. The normalized spacial score (nSPS) is 11.9. The maximum atomic E-state index is 5.81. The second kappa shape index (κ2) is 6.00. The second-order valence-corrected chi connectivity index (χ2v) is 5.57. The number of hydrogen-bond acceptors (Lipinski definition) is 5. The van der Waals surface area contributed by atoms with Gasteiger partial charge in [-0.3, -0.25) is 0 Å². The van der Waals surface area contributed by atoms with Gasteiger partial charge in [0.15, 0.2) is 0 Å². The zero-order valence-electron chi connectivity index (χ0n) is 12.1. The monoisotopic (exact) mass is 251 g/mol. The predicted octanol–water partition coefficient (Wildman–Crippen LogP) is 1.72. The Bertz CT molecular complexity index is 383. The molecule has 0 fully saturated rings. The number of likely N-dealkylation sites (N-methyl/N-ethyl adjacent to an activating group) is 1. The molecule has 1 aromatic rings. The van der Waals surface area contributed by atoms with E-state index >= 15 is 0 Å². The second-order valence-electron chi connectivity index (χ2n) is 5.57. The first kappa shape index (κ1) is 14.7. The minimum atomic E-state index is -0.0912. The molecule has 0 aliphatic carbocycles. The maximum absolute atomic E-state index is 5.81. The van der Waals surface area contributed by atoms with Gasteiger partial charge in [0.1, 0.15) is 17.5 Å². The first-order chi connectivity index (χ1) is 8.32. The van der Waals surface area contributed by atoms with Crippen molar-refractivity contribution in [3.63, 3.8) is 0 Å². The molecule has 5 nitrogen and oxygen atoms in total. The van der Waals surface area contributed by atoms with Gasteiger partial charge in [0, 0.05) is 24.6 Å². The van der Waals surface area contributed by atoms with E-state index < -0.39 is 0 Å². The summed E-state index contributed by atoms with van der Waals surface area (Å²) in [6.07, 6.45) is 0. The molecule has 5 heteroatoms. The Morgan fingerprint density at radius 3 is 2.56 bits per heavy atom. The van der Waals surface area contributed by atoms with E-state index in [0.717, 1.165) is 31.3 Å². The maximum Gasteiger partial charge on any atom is 0.138 e. The highest BCUT2D eigenvalue weighted by Gasteiger charge is 2.18. The highest BCUT2D eigenvalue weighted by molar-refractivity contribution is 5.45. The van der Waals surface area contributed by atoms with E-state index in [1.54, 1.807) is 6.07 Å². The highest BCUT2D eigenvalue weighted by Crippen LogP contribution is 2.20. The molecule has 0 bridgehead atoms. The zero-order chi connectivity index (χ0) is 13.8. The lowest BCUT2D eigenvalue weighted by molar-refractivity contribution is 0.367. The van der Waals surface area contributed by atoms with E-state index in [-0.39, 0.29) is 5.41 Å². The van der Waals surface area contributed by atoms with Crippen LogP contribution in [0.25, 0.3) is 0 Å². The molecular formula is C13H25N5. The van der Waals surface area contributed by atoms with Crippen LogP contribution in [0.4, 0.5) is 11.6 Å². The molecule has 0 radical (unpaired) electrons. The third kappa shape index (κ3) is 4.49. The van der Waals surface area contributed by atoms with Crippen LogP contribution in [-0.2, 0) is 5.41 Å². The molecule has 0 aliphatic rings. The molecule has 0 unspecified atom stereocenters. The van der Waals surface area contributed by atoms with Crippen molar-refractivity contribution >= 4 is 11.6 Å². The quantitative estimate of drug-likeness (QED) is 0.834. The smallest absolute Gasteiger partial charge is 0.138 e. The first-order valence-corrected chi connectivity index (χ1v) is 6.40. The van der Waals surface area contributed by atoms with E-state index in [2.05, 4.69) is 54.9 Å².